The molecule has 0 saturated carbocycles. The first kappa shape index (κ1) is 21.8. The Morgan fingerprint density at radius 3 is 2.74 bits per heavy atom. The summed E-state index contributed by atoms with van der Waals surface area (Å²) < 4.78 is 38.1. The first-order valence-corrected chi connectivity index (χ1v) is 10.5. The van der Waals surface area contributed by atoms with Crippen LogP contribution in [0.5, 0.6) is 0 Å². The van der Waals surface area contributed by atoms with E-state index >= 15 is 8.78 Å². The number of rotatable bonds is 4. The summed E-state index contributed by atoms with van der Waals surface area (Å²) in [4.78, 5) is 30.9. The number of nitrogens with zero attached hydrogens (tertiary/aromatic N) is 4. The van der Waals surface area contributed by atoms with Crippen molar-refractivity contribution in [2.24, 2.45) is 0 Å². The summed E-state index contributed by atoms with van der Waals surface area (Å²) >= 11 is 0. The van der Waals surface area contributed by atoms with Crippen LogP contribution in [0.2, 0.25) is 0 Å². The van der Waals surface area contributed by atoms with Crippen LogP contribution in [0.15, 0.2) is 35.3 Å². The first-order valence-electron chi connectivity index (χ1n) is 10.5. The van der Waals surface area contributed by atoms with Gasteiger partial charge in [0.15, 0.2) is 5.82 Å². The third kappa shape index (κ3) is 3.92. The molecule has 0 radical (unpaired) electrons. The van der Waals surface area contributed by atoms with Crippen LogP contribution in [-0.2, 0) is 11.2 Å². The van der Waals surface area contributed by atoms with Gasteiger partial charge in [0.1, 0.15) is 17.3 Å². The molecule has 1 aliphatic rings. The van der Waals surface area contributed by atoms with Gasteiger partial charge in [0.05, 0.1) is 36.2 Å². The summed E-state index contributed by atoms with van der Waals surface area (Å²) in [7, 11) is 0. The number of carboxylic acid groups (broad SMARTS) is 1. The molecule has 34 heavy (non-hydrogen) atoms. The zero-order valence-corrected chi connectivity index (χ0v) is 18.0. The van der Waals surface area contributed by atoms with E-state index in [9.17, 15) is 14.7 Å². The standard InChI is InChI=1S/C22H20F2N6O4/c1-11-2-3-30-16(9-13-10-29(22(32)33)4-5-34-13)19(25-17(30)6-11)18-14(23)7-12(8-15(18)24)20-26-21(31)28-27-20/h2-3,6-8,13H,4-5,9-10H2,1H3,(H,32,33)(H2,26,27,28,31). The van der Waals surface area contributed by atoms with Crippen molar-refractivity contribution >= 4 is 11.7 Å². The normalized spacial score (nSPS) is 16.3. The molecule has 3 aromatic heterocycles. The van der Waals surface area contributed by atoms with E-state index in [0.29, 0.717) is 11.3 Å². The number of imidazole rings is 1. The van der Waals surface area contributed by atoms with E-state index in [1.54, 1.807) is 16.7 Å². The minimum Gasteiger partial charge on any atom is -0.465 e. The number of fused-ring (bicyclic) bond motifs is 1. The second-order valence-electron chi connectivity index (χ2n) is 8.11. The average Bonchev–Trinajstić information content (AvgIpc) is 3.37. The molecule has 10 nitrogen and oxygen atoms in total. The Balaban J connectivity index is 1.61. The van der Waals surface area contributed by atoms with E-state index < -0.39 is 29.5 Å². The molecule has 0 bridgehead atoms. The van der Waals surface area contributed by atoms with E-state index in [4.69, 9.17) is 4.74 Å². The van der Waals surface area contributed by atoms with Crippen LogP contribution in [0.25, 0.3) is 28.3 Å². The summed E-state index contributed by atoms with van der Waals surface area (Å²) in [5.74, 6) is -1.75. The van der Waals surface area contributed by atoms with E-state index in [2.05, 4.69) is 20.2 Å². The number of halogens is 2. The molecule has 12 heteroatoms. The molecule has 1 unspecified atom stereocenters. The van der Waals surface area contributed by atoms with Crippen LogP contribution < -0.4 is 5.69 Å². The molecule has 0 spiro atoms. The molecule has 1 amide bonds. The number of aromatic nitrogens is 5. The van der Waals surface area contributed by atoms with Crippen molar-refractivity contribution in [3.8, 4) is 22.6 Å². The molecule has 4 heterocycles. The number of aryl methyl sites for hydroxylation is 1. The summed E-state index contributed by atoms with van der Waals surface area (Å²) in [5.41, 5.74) is 1.14. The van der Waals surface area contributed by atoms with Gasteiger partial charge in [-0.25, -0.2) is 28.5 Å². The van der Waals surface area contributed by atoms with Crippen molar-refractivity contribution in [3.63, 3.8) is 0 Å². The smallest absolute Gasteiger partial charge is 0.407 e. The Labute approximate surface area is 190 Å². The van der Waals surface area contributed by atoms with Crippen molar-refractivity contribution in [3.05, 3.63) is 63.8 Å². The number of morpholine rings is 1. The van der Waals surface area contributed by atoms with Crippen molar-refractivity contribution < 1.29 is 23.4 Å². The number of carbonyl (C=O) groups is 1. The topological polar surface area (TPSA) is 129 Å². The number of ether oxygens (including phenoxy) is 1. The Kier molecular flexibility index (Phi) is 5.36. The second-order valence-corrected chi connectivity index (χ2v) is 8.11. The highest BCUT2D eigenvalue weighted by Crippen LogP contribution is 2.33. The zero-order chi connectivity index (χ0) is 24.0. The van der Waals surface area contributed by atoms with Crippen LogP contribution in [0, 0.1) is 18.6 Å². The van der Waals surface area contributed by atoms with Gasteiger partial charge in [0.25, 0.3) is 0 Å². The monoisotopic (exact) mass is 470 g/mol. The summed E-state index contributed by atoms with van der Waals surface area (Å²) in [6.07, 6.45) is 0.388. The van der Waals surface area contributed by atoms with Crippen molar-refractivity contribution in [2.45, 2.75) is 19.4 Å². The van der Waals surface area contributed by atoms with Crippen LogP contribution >= 0.6 is 0 Å². The van der Waals surface area contributed by atoms with Crippen molar-refractivity contribution in [1.29, 1.82) is 0 Å². The fraction of sp³-hybridized carbons (Fsp3) is 0.273. The second kappa shape index (κ2) is 8.37. The molecule has 1 fully saturated rings. The van der Waals surface area contributed by atoms with Gasteiger partial charge in [-0.05, 0) is 36.8 Å². The lowest BCUT2D eigenvalue weighted by molar-refractivity contribution is -0.0214. The molecule has 5 rings (SSSR count). The van der Waals surface area contributed by atoms with Gasteiger partial charge in [-0.3, -0.25) is 4.98 Å². The highest BCUT2D eigenvalue weighted by Gasteiger charge is 2.28. The highest BCUT2D eigenvalue weighted by atomic mass is 19.1. The number of H-pyrrole nitrogens is 2. The molecule has 176 valence electrons. The lowest BCUT2D eigenvalue weighted by Crippen LogP contribution is -2.45. The molecular weight excluding hydrogens is 450 g/mol. The molecule has 3 N–H and O–H groups in total. The number of benzene rings is 1. The third-order valence-electron chi connectivity index (χ3n) is 5.76. The lowest BCUT2D eigenvalue weighted by atomic mass is 10.0. The van der Waals surface area contributed by atoms with Gasteiger partial charge in [0.2, 0.25) is 0 Å². The van der Waals surface area contributed by atoms with Crippen molar-refractivity contribution in [1.82, 2.24) is 29.5 Å². The Bertz CT molecular complexity index is 1440. The fourth-order valence-electron chi connectivity index (χ4n) is 4.17. The van der Waals surface area contributed by atoms with Crippen LogP contribution in [0.1, 0.15) is 11.3 Å². The minimum absolute atomic E-state index is 0.00423. The SMILES string of the molecule is Cc1ccn2c(CC3CN(C(=O)O)CCO3)c(-c3c(F)cc(-c4n[nH]c(=O)[nH]4)cc3F)nc2c1. The molecular formula is C22H20F2N6O4. The first-order chi connectivity index (χ1) is 16.3. The van der Waals surface area contributed by atoms with E-state index in [0.717, 1.165) is 17.7 Å². The number of pyridine rings is 1. The summed E-state index contributed by atoms with van der Waals surface area (Å²) in [6, 6.07) is 5.79. The maximum absolute atomic E-state index is 15.3. The summed E-state index contributed by atoms with van der Waals surface area (Å²) in [6.45, 7) is 2.49. The minimum atomic E-state index is -1.05. The number of hydrogen-bond donors (Lipinski definition) is 3. The largest absolute Gasteiger partial charge is 0.465 e. The maximum atomic E-state index is 15.3. The number of nitrogens with one attached hydrogen (secondary N) is 2. The average molecular weight is 470 g/mol. The molecule has 1 atom stereocenters. The molecule has 4 aromatic rings. The highest BCUT2D eigenvalue weighted by molar-refractivity contribution is 5.71. The van der Waals surface area contributed by atoms with Gasteiger partial charge >= 0.3 is 11.8 Å². The lowest BCUT2D eigenvalue weighted by Gasteiger charge is -2.31. The van der Waals surface area contributed by atoms with Crippen LogP contribution in [0.4, 0.5) is 13.6 Å². The molecule has 1 aliphatic heterocycles. The van der Waals surface area contributed by atoms with E-state index in [1.165, 1.54) is 4.90 Å². The molecule has 0 aliphatic carbocycles. The fourth-order valence-corrected chi connectivity index (χ4v) is 4.17. The van der Waals surface area contributed by atoms with Crippen LogP contribution in [0.3, 0.4) is 0 Å². The van der Waals surface area contributed by atoms with Crippen molar-refractivity contribution in [2.75, 3.05) is 19.7 Å². The Hall–Kier alpha value is -4.06. The van der Waals surface area contributed by atoms with Gasteiger partial charge in [0, 0.05) is 24.7 Å². The van der Waals surface area contributed by atoms with Gasteiger partial charge in [-0.15, -0.1) is 0 Å². The summed E-state index contributed by atoms with van der Waals surface area (Å²) in [5, 5.41) is 15.2. The van der Waals surface area contributed by atoms with Gasteiger partial charge in [-0.1, -0.05) is 0 Å². The Morgan fingerprint density at radius 2 is 2.06 bits per heavy atom. The van der Waals surface area contributed by atoms with E-state index in [-0.39, 0.29) is 48.8 Å². The molecule has 1 aromatic carbocycles. The third-order valence-corrected chi connectivity index (χ3v) is 5.76. The van der Waals surface area contributed by atoms with Gasteiger partial charge in [-0.2, -0.15) is 5.10 Å². The zero-order valence-electron chi connectivity index (χ0n) is 18.0. The predicted molar refractivity (Wildman–Crippen MR) is 117 cm³/mol. The Morgan fingerprint density at radius 1 is 1.29 bits per heavy atom. The van der Waals surface area contributed by atoms with E-state index in [1.807, 2.05) is 13.0 Å². The van der Waals surface area contributed by atoms with Crippen LogP contribution in [-0.4, -0.2) is 66.5 Å². The maximum Gasteiger partial charge on any atom is 0.407 e. The molecule has 1 saturated heterocycles. The quantitative estimate of drug-likeness (QED) is 0.421. The number of amides is 1. The number of hydrogen-bond acceptors (Lipinski definition) is 5. The van der Waals surface area contributed by atoms with Gasteiger partial charge < -0.3 is 19.1 Å². The predicted octanol–water partition coefficient (Wildman–Crippen LogP) is 2.59. The number of aromatic amines is 2.